The van der Waals surface area contributed by atoms with Crippen molar-refractivity contribution in [3.8, 4) is 5.75 Å². The Bertz CT molecular complexity index is 754. The Morgan fingerprint density at radius 3 is 2.60 bits per heavy atom. The van der Waals surface area contributed by atoms with Crippen molar-refractivity contribution >= 4 is 23.2 Å². The van der Waals surface area contributed by atoms with E-state index >= 15 is 0 Å². The molecule has 0 N–H and O–H groups in total. The van der Waals surface area contributed by atoms with E-state index < -0.39 is 0 Å². The van der Waals surface area contributed by atoms with Crippen molar-refractivity contribution in [3.63, 3.8) is 0 Å². The Balaban J connectivity index is 1.59. The lowest BCUT2D eigenvalue weighted by molar-refractivity contribution is -0.135. The average molecular weight is 358 g/mol. The fourth-order valence-corrected chi connectivity index (χ4v) is 3.67. The second kappa shape index (κ2) is 7.70. The number of aryl methyl sites for hydroxylation is 1. The van der Waals surface area contributed by atoms with Gasteiger partial charge >= 0.3 is 0 Å². The third kappa shape index (κ3) is 4.02. The van der Waals surface area contributed by atoms with Crippen LogP contribution in [-0.2, 0) is 17.8 Å². The van der Waals surface area contributed by atoms with Crippen molar-refractivity contribution in [2.75, 3.05) is 26.7 Å². The molecule has 2 heterocycles. The Labute approximate surface area is 151 Å². The summed E-state index contributed by atoms with van der Waals surface area (Å²) in [6, 6.07) is 9.63. The highest BCUT2D eigenvalue weighted by atomic mass is 32.1. The van der Waals surface area contributed by atoms with Crippen LogP contribution in [0.5, 0.6) is 5.75 Å². The van der Waals surface area contributed by atoms with Crippen LogP contribution in [0.3, 0.4) is 0 Å². The van der Waals surface area contributed by atoms with Crippen LogP contribution in [0.15, 0.2) is 35.7 Å². The van der Waals surface area contributed by atoms with Crippen LogP contribution in [0.4, 0.5) is 0 Å². The number of amides is 2. The van der Waals surface area contributed by atoms with Gasteiger partial charge in [-0.15, -0.1) is 11.3 Å². The summed E-state index contributed by atoms with van der Waals surface area (Å²) in [6.45, 7) is 3.90. The van der Waals surface area contributed by atoms with Crippen LogP contribution in [0.25, 0.3) is 0 Å². The molecule has 1 aliphatic rings. The summed E-state index contributed by atoms with van der Waals surface area (Å²) in [5.74, 6) is 0.738. The van der Waals surface area contributed by atoms with E-state index in [0.717, 1.165) is 17.7 Å². The van der Waals surface area contributed by atoms with Gasteiger partial charge in [-0.2, -0.15) is 0 Å². The first-order chi connectivity index (χ1) is 12.1. The van der Waals surface area contributed by atoms with Crippen LogP contribution >= 0.6 is 11.3 Å². The number of rotatable bonds is 5. The molecule has 2 aromatic rings. The van der Waals surface area contributed by atoms with Gasteiger partial charge in [0.1, 0.15) is 12.3 Å². The second-order valence-corrected chi connectivity index (χ2v) is 7.04. The summed E-state index contributed by atoms with van der Waals surface area (Å²) in [5.41, 5.74) is 1.75. The smallest absolute Gasteiger partial charge is 0.255 e. The molecule has 132 valence electrons. The van der Waals surface area contributed by atoms with E-state index in [1.165, 1.54) is 4.88 Å². The zero-order valence-electron chi connectivity index (χ0n) is 14.5. The van der Waals surface area contributed by atoms with Crippen molar-refractivity contribution in [1.29, 1.82) is 0 Å². The first-order valence-electron chi connectivity index (χ1n) is 8.38. The maximum absolute atomic E-state index is 12.6. The zero-order chi connectivity index (χ0) is 17.8. The molecule has 0 radical (unpaired) electrons. The molecular weight excluding hydrogens is 336 g/mol. The monoisotopic (exact) mass is 358 g/mol. The van der Waals surface area contributed by atoms with E-state index in [-0.39, 0.29) is 18.4 Å². The van der Waals surface area contributed by atoms with E-state index in [4.69, 9.17) is 4.74 Å². The molecule has 0 unspecified atom stereocenters. The van der Waals surface area contributed by atoms with Crippen LogP contribution in [0.1, 0.15) is 27.7 Å². The summed E-state index contributed by atoms with van der Waals surface area (Å²) in [5, 5.41) is 1.88. The molecule has 0 atom stereocenters. The van der Waals surface area contributed by atoms with Gasteiger partial charge in [0, 0.05) is 29.9 Å². The molecule has 0 spiro atoms. The lowest BCUT2D eigenvalue weighted by atomic mass is 10.1. The standard InChI is InChI=1S/C19H22N2O3S/c1-3-17-10-15(13-25-17)19(23)21-9-8-20(18(22)12-21)11-14-4-6-16(24-2)7-5-14/h4-7,10,13H,3,8-9,11-12H2,1-2H3. The second-order valence-electron chi connectivity index (χ2n) is 6.05. The van der Waals surface area contributed by atoms with Crippen LogP contribution in [-0.4, -0.2) is 48.4 Å². The number of carbonyl (C=O) groups is 2. The molecule has 2 amide bonds. The van der Waals surface area contributed by atoms with Crippen molar-refractivity contribution in [2.45, 2.75) is 19.9 Å². The molecule has 1 saturated heterocycles. The molecule has 6 heteroatoms. The Hall–Kier alpha value is -2.34. The number of methoxy groups -OCH3 is 1. The maximum Gasteiger partial charge on any atom is 0.255 e. The number of benzene rings is 1. The molecule has 1 aromatic carbocycles. The van der Waals surface area contributed by atoms with Gasteiger partial charge < -0.3 is 14.5 Å². The van der Waals surface area contributed by atoms with Crippen molar-refractivity contribution in [1.82, 2.24) is 9.80 Å². The minimum absolute atomic E-state index is 0.0126. The quantitative estimate of drug-likeness (QED) is 0.826. The minimum atomic E-state index is -0.0478. The van der Waals surface area contributed by atoms with Gasteiger partial charge in [0.2, 0.25) is 5.91 Å². The van der Waals surface area contributed by atoms with E-state index in [1.54, 1.807) is 28.2 Å². The topological polar surface area (TPSA) is 49.9 Å². The number of nitrogens with zero attached hydrogens (tertiary/aromatic N) is 2. The van der Waals surface area contributed by atoms with E-state index in [9.17, 15) is 9.59 Å². The third-order valence-electron chi connectivity index (χ3n) is 4.39. The molecule has 25 heavy (non-hydrogen) atoms. The molecule has 0 bridgehead atoms. The minimum Gasteiger partial charge on any atom is -0.497 e. The summed E-state index contributed by atoms with van der Waals surface area (Å²) in [6.07, 6.45) is 0.923. The number of carbonyl (C=O) groups excluding carboxylic acids is 2. The Kier molecular flexibility index (Phi) is 5.38. The molecule has 3 rings (SSSR count). The van der Waals surface area contributed by atoms with Crippen molar-refractivity contribution in [3.05, 3.63) is 51.7 Å². The molecule has 0 aliphatic carbocycles. The lowest BCUT2D eigenvalue weighted by Crippen LogP contribution is -2.51. The highest BCUT2D eigenvalue weighted by molar-refractivity contribution is 7.10. The van der Waals surface area contributed by atoms with Gasteiger partial charge in [-0.3, -0.25) is 9.59 Å². The van der Waals surface area contributed by atoms with Crippen LogP contribution < -0.4 is 4.74 Å². The van der Waals surface area contributed by atoms with Gasteiger partial charge in [0.15, 0.2) is 0 Å². The summed E-state index contributed by atoms with van der Waals surface area (Å²) >= 11 is 1.59. The molecule has 0 saturated carbocycles. The van der Waals surface area contributed by atoms with Gasteiger partial charge in [-0.25, -0.2) is 0 Å². The molecule has 1 fully saturated rings. The summed E-state index contributed by atoms with van der Waals surface area (Å²) in [4.78, 5) is 29.6. The summed E-state index contributed by atoms with van der Waals surface area (Å²) < 4.78 is 5.15. The third-order valence-corrected chi connectivity index (χ3v) is 5.47. The number of thiophene rings is 1. The molecule has 1 aromatic heterocycles. The predicted octanol–water partition coefficient (Wildman–Crippen LogP) is 2.80. The van der Waals surface area contributed by atoms with E-state index in [2.05, 4.69) is 6.92 Å². The highest BCUT2D eigenvalue weighted by Crippen LogP contribution is 2.19. The van der Waals surface area contributed by atoms with Gasteiger partial charge in [0.25, 0.3) is 5.91 Å². The predicted molar refractivity (Wildman–Crippen MR) is 98.0 cm³/mol. The van der Waals surface area contributed by atoms with Crippen molar-refractivity contribution in [2.24, 2.45) is 0 Å². The van der Waals surface area contributed by atoms with Crippen LogP contribution in [0.2, 0.25) is 0 Å². The number of hydrogen-bond donors (Lipinski definition) is 0. The normalized spacial score (nSPS) is 14.7. The van der Waals surface area contributed by atoms with Gasteiger partial charge in [-0.1, -0.05) is 19.1 Å². The SMILES string of the molecule is CCc1cc(C(=O)N2CCN(Cc3ccc(OC)cc3)C(=O)C2)cs1. The zero-order valence-corrected chi connectivity index (χ0v) is 15.3. The van der Waals surface area contributed by atoms with Gasteiger partial charge in [-0.05, 0) is 30.2 Å². The average Bonchev–Trinajstić information content (AvgIpc) is 3.12. The fraction of sp³-hybridized carbons (Fsp3) is 0.368. The fourth-order valence-electron chi connectivity index (χ4n) is 2.86. The Morgan fingerprint density at radius 2 is 2.00 bits per heavy atom. The molecule has 1 aliphatic heterocycles. The lowest BCUT2D eigenvalue weighted by Gasteiger charge is -2.34. The first-order valence-corrected chi connectivity index (χ1v) is 9.26. The summed E-state index contributed by atoms with van der Waals surface area (Å²) in [7, 11) is 1.63. The first kappa shape index (κ1) is 17.5. The molecular formula is C19H22N2O3S. The van der Waals surface area contributed by atoms with E-state index in [0.29, 0.717) is 25.2 Å². The van der Waals surface area contributed by atoms with Gasteiger partial charge in [0.05, 0.1) is 12.7 Å². The van der Waals surface area contributed by atoms with E-state index in [1.807, 2.05) is 35.7 Å². The largest absolute Gasteiger partial charge is 0.497 e. The van der Waals surface area contributed by atoms with Crippen molar-refractivity contribution < 1.29 is 14.3 Å². The Morgan fingerprint density at radius 1 is 1.24 bits per heavy atom. The number of piperazine rings is 1. The van der Waals surface area contributed by atoms with Crippen LogP contribution in [0, 0.1) is 0 Å². The number of ether oxygens (including phenoxy) is 1. The maximum atomic E-state index is 12.6. The number of hydrogen-bond acceptors (Lipinski definition) is 4. The molecule has 5 nitrogen and oxygen atoms in total. The highest BCUT2D eigenvalue weighted by Gasteiger charge is 2.28.